The Morgan fingerprint density at radius 1 is 1.23 bits per heavy atom. The predicted octanol–water partition coefficient (Wildman–Crippen LogP) is 1.72. The Morgan fingerprint density at radius 3 is 2.54 bits per heavy atom. The van der Waals surface area contributed by atoms with Crippen LogP contribution in [0.3, 0.4) is 0 Å². The number of ether oxygens (including phenoxy) is 1. The lowest BCUT2D eigenvalue weighted by Crippen LogP contribution is -2.18. The van der Waals surface area contributed by atoms with Crippen LogP contribution in [0.2, 0.25) is 0 Å². The van der Waals surface area contributed by atoms with Crippen molar-refractivity contribution in [3.05, 3.63) is 0 Å². The van der Waals surface area contributed by atoms with Gasteiger partial charge in [0.2, 0.25) is 0 Å². The van der Waals surface area contributed by atoms with Gasteiger partial charge in [0.25, 0.3) is 0 Å². The van der Waals surface area contributed by atoms with Crippen LogP contribution in [-0.4, -0.2) is 25.7 Å². The van der Waals surface area contributed by atoms with Crippen LogP contribution in [0.4, 0.5) is 0 Å². The number of carbonyl (C=O) groups is 1. The minimum Gasteiger partial charge on any atom is -0.466 e. The Labute approximate surface area is 80.8 Å². The van der Waals surface area contributed by atoms with Gasteiger partial charge in [-0.2, -0.15) is 0 Å². The number of rotatable bonds is 8. The summed E-state index contributed by atoms with van der Waals surface area (Å²) < 4.78 is 4.92. The molecule has 0 aliphatic heterocycles. The average Bonchev–Trinajstić information content (AvgIpc) is 2.16. The summed E-state index contributed by atoms with van der Waals surface area (Å²) in [6.07, 6.45) is 3.82. The molecule has 0 saturated carbocycles. The van der Waals surface area contributed by atoms with Gasteiger partial charge in [0, 0.05) is 6.42 Å². The predicted molar refractivity (Wildman–Crippen MR) is 53.6 cm³/mol. The number of esters is 1. The lowest BCUT2D eigenvalue weighted by Gasteiger charge is -2.04. The Balaban J connectivity index is 2.95. The molecule has 0 aromatic rings. The maximum Gasteiger partial charge on any atom is 0.305 e. The van der Waals surface area contributed by atoms with E-state index in [0.29, 0.717) is 13.0 Å². The van der Waals surface area contributed by atoms with E-state index in [1.54, 1.807) is 0 Å². The Morgan fingerprint density at radius 2 is 1.92 bits per heavy atom. The van der Waals surface area contributed by atoms with Gasteiger partial charge in [-0.15, -0.1) is 0 Å². The summed E-state index contributed by atoms with van der Waals surface area (Å²) in [6.45, 7) is 6.54. The van der Waals surface area contributed by atoms with E-state index in [-0.39, 0.29) is 5.97 Å². The molecule has 0 aromatic carbocycles. The molecule has 0 atom stereocenters. The molecule has 0 bridgehead atoms. The molecular formula is C10H21NO2. The van der Waals surface area contributed by atoms with Crippen molar-refractivity contribution < 1.29 is 9.53 Å². The molecule has 0 aromatic heterocycles. The highest BCUT2D eigenvalue weighted by Crippen LogP contribution is 1.87. The minimum atomic E-state index is -0.103. The quantitative estimate of drug-likeness (QED) is 0.464. The third kappa shape index (κ3) is 9.34. The zero-order valence-electron chi connectivity index (χ0n) is 8.77. The van der Waals surface area contributed by atoms with Crippen molar-refractivity contribution in [3.63, 3.8) is 0 Å². The molecular weight excluding hydrogens is 166 g/mol. The van der Waals surface area contributed by atoms with Crippen molar-refractivity contribution >= 4 is 5.97 Å². The highest BCUT2D eigenvalue weighted by molar-refractivity contribution is 5.68. The third-order valence-corrected chi connectivity index (χ3v) is 1.76. The molecule has 0 aliphatic carbocycles. The van der Waals surface area contributed by atoms with Gasteiger partial charge in [0.1, 0.15) is 0 Å². The first-order chi connectivity index (χ1) is 6.31. The molecule has 0 rings (SSSR count). The van der Waals surface area contributed by atoms with Crippen LogP contribution in [-0.2, 0) is 9.53 Å². The second-order valence-corrected chi connectivity index (χ2v) is 3.03. The topological polar surface area (TPSA) is 38.3 Å². The fourth-order valence-corrected chi connectivity index (χ4v) is 0.912. The smallest absolute Gasteiger partial charge is 0.305 e. The highest BCUT2D eigenvalue weighted by Gasteiger charge is 1.96. The van der Waals surface area contributed by atoms with Crippen LogP contribution in [0, 0.1) is 0 Å². The van der Waals surface area contributed by atoms with E-state index in [1.807, 2.05) is 6.92 Å². The van der Waals surface area contributed by atoms with Gasteiger partial charge < -0.3 is 10.1 Å². The summed E-state index contributed by atoms with van der Waals surface area (Å²) in [5, 5.41) is 3.29. The van der Waals surface area contributed by atoms with Gasteiger partial charge in [-0.25, -0.2) is 0 Å². The maximum atomic E-state index is 10.7. The average molecular weight is 187 g/mol. The van der Waals surface area contributed by atoms with Gasteiger partial charge in [-0.3, -0.25) is 4.79 Å². The standard InChI is InChI=1S/C10H21NO2/c1-3-5-7-11-8-6-9-13-10(12)4-2/h11H,3-9H2,1-2H3. The van der Waals surface area contributed by atoms with Crippen LogP contribution in [0.15, 0.2) is 0 Å². The molecule has 1 N–H and O–H groups in total. The van der Waals surface area contributed by atoms with Crippen LogP contribution in [0.1, 0.15) is 39.5 Å². The summed E-state index contributed by atoms with van der Waals surface area (Å²) in [4.78, 5) is 10.7. The molecule has 0 spiro atoms. The molecule has 0 unspecified atom stereocenters. The molecule has 0 fully saturated rings. The molecule has 0 saturated heterocycles. The van der Waals surface area contributed by atoms with Crippen LogP contribution in [0.5, 0.6) is 0 Å². The highest BCUT2D eigenvalue weighted by atomic mass is 16.5. The number of hydrogen-bond donors (Lipinski definition) is 1. The third-order valence-electron chi connectivity index (χ3n) is 1.76. The summed E-state index contributed by atoms with van der Waals surface area (Å²) in [5.41, 5.74) is 0. The van der Waals surface area contributed by atoms with Crippen molar-refractivity contribution in [2.24, 2.45) is 0 Å². The van der Waals surface area contributed by atoms with Crippen molar-refractivity contribution in [2.45, 2.75) is 39.5 Å². The fourth-order valence-electron chi connectivity index (χ4n) is 0.912. The Hall–Kier alpha value is -0.570. The van der Waals surface area contributed by atoms with Crippen LogP contribution in [0.25, 0.3) is 0 Å². The first-order valence-corrected chi connectivity index (χ1v) is 5.17. The molecule has 0 amide bonds. The molecule has 0 radical (unpaired) electrons. The van der Waals surface area contributed by atoms with Gasteiger partial charge in [-0.05, 0) is 25.9 Å². The number of unbranched alkanes of at least 4 members (excludes halogenated alkanes) is 1. The molecule has 13 heavy (non-hydrogen) atoms. The van der Waals surface area contributed by atoms with E-state index >= 15 is 0 Å². The maximum absolute atomic E-state index is 10.7. The van der Waals surface area contributed by atoms with E-state index in [1.165, 1.54) is 12.8 Å². The van der Waals surface area contributed by atoms with Gasteiger partial charge in [-0.1, -0.05) is 20.3 Å². The molecule has 78 valence electrons. The van der Waals surface area contributed by atoms with Crippen molar-refractivity contribution in [1.82, 2.24) is 5.32 Å². The SMILES string of the molecule is CCCCNCCCOC(=O)CC. The molecule has 3 nitrogen and oxygen atoms in total. The van der Waals surface area contributed by atoms with E-state index in [4.69, 9.17) is 4.74 Å². The lowest BCUT2D eigenvalue weighted by atomic mass is 10.3. The summed E-state index contributed by atoms with van der Waals surface area (Å²) in [7, 11) is 0. The summed E-state index contributed by atoms with van der Waals surface area (Å²) in [5.74, 6) is -0.103. The molecule has 3 heteroatoms. The lowest BCUT2D eigenvalue weighted by molar-refractivity contribution is -0.143. The number of carbonyl (C=O) groups excluding carboxylic acids is 1. The zero-order chi connectivity index (χ0) is 9.94. The molecule has 0 heterocycles. The second-order valence-electron chi connectivity index (χ2n) is 3.03. The van der Waals surface area contributed by atoms with E-state index in [2.05, 4.69) is 12.2 Å². The van der Waals surface area contributed by atoms with E-state index < -0.39 is 0 Å². The van der Waals surface area contributed by atoms with Gasteiger partial charge in [0.15, 0.2) is 0 Å². The number of nitrogens with one attached hydrogen (secondary N) is 1. The summed E-state index contributed by atoms with van der Waals surface area (Å²) >= 11 is 0. The monoisotopic (exact) mass is 187 g/mol. The van der Waals surface area contributed by atoms with Crippen molar-refractivity contribution in [2.75, 3.05) is 19.7 Å². The summed E-state index contributed by atoms with van der Waals surface area (Å²) in [6, 6.07) is 0. The zero-order valence-corrected chi connectivity index (χ0v) is 8.77. The normalized spacial score (nSPS) is 10.0. The first kappa shape index (κ1) is 12.4. The van der Waals surface area contributed by atoms with E-state index in [9.17, 15) is 4.79 Å². The first-order valence-electron chi connectivity index (χ1n) is 5.17. The van der Waals surface area contributed by atoms with E-state index in [0.717, 1.165) is 19.5 Å². The van der Waals surface area contributed by atoms with Gasteiger partial charge in [0.05, 0.1) is 6.61 Å². The fraction of sp³-hybridized carbons (Fsp3) is 0.900. The van der Waals surface area contributed by atoms with Crippen LogP contribution >= 0.6 is 0 Å². The second kappa shape index (κ2) is 9.52. The Bertz CT molecular complexity index is 126. The molecule has 0 aliphatic rings. The number of hydrogen-bond acceptors (Lipinski definition) is 3. The minimum absolute atomic E-state index is 0.103. The van der Waals surface area contributed by atoms with Crippen molar-refractivity contribution in [1.29, 1.82) is 0 Å². The van der Waals surface area contributed by atoms with Crippen LogP contribution < -0.4 is 5.32 Å². The largest absolute Gasteiger partial charge is 0.466 e. The Kier molecular flexibility index (Phi) is 9.10. The van der Waals surface area contributed by atoms with Gasteiger partial charge >= 0.3 is 5.97 Å². The van der Waals surface area contributed by atoms with Crippen molar-refractivity contribution in [3.8, 4) is 0 Å².